The monoisotopic (exact) mass is 417 g/mol. The van der Waals surface area contributed by atoms with Gasteiger partial charge in [0.15, 0.2) is 0 Å². The lowest BCUT2D eigenvalue weighted by atomic mass is 9.85. The summed E-state index contributed by atoms with van der Waals surface area (Å²) in [6, 6.07) is 16.2. The molecule has 3 rings (SSSR count). The molecular weight excluding hydrogens is 386 g/mol. The number of aldehydes is 1. The predicted molar refractivity (Wildman–Crippen MR) is 125 cm³/mol. The maximum atomic E-state index is 11.3. The minimum absolute atomic E-state index is 0.0904. The molecule has 0 radical (unpaired) electrons. The highest BCUT2D eigenvalue weighted by Crippen LogP contribution is 2.33. The van der Waals surface area contributed by atoms with Gasteiger partial charge in [-0.1, -0.05) is 51.1 Å². The molecule has 2 aromatic carbocycles. The van der Waals surface area contributed by atoms with Gasteiger partial charge in [0.1, 0.15) is 24.4 Å². The van der Waals surface area contributed by atoms with Crippen molar-refractivity contribution in [2.45, 2.75) is 53.1 Å². The first-order chi connectivity index (χ1) is 14.7. The topological polar surface area (TPSA) is 48.4 Å². The highest BCUT2D eigenvalue weighted by Gasteiger charge is 2.17. The lowest BCUT2D eigenvalue weighted by molar-refractivity contribution is -0.107. The second-order valence-corrected chi connectivity index (χ2v) is 8.86. The molecule has 0 aliphatic heterocycles. The summed E-state index contributed by atoms with van der Waals surface area (Å²) in [6.45, 7) is 11.1. The molecule has 0 amide bonds. The van der Waals surface area contributed by atoms with E-state index in [2.05, 4.69) is 45.9 Å². The number of pyridine rings is 1. The number of methoxy groups -OCH3 is 1. The van der Waals surface area contributed by atoms with Crippen molar-refractivity contribution in [3.63, 3.8) is 0 Å². The van der Waals surface area contributed by atoms with E-state index in [1.165, 1.54) is 11.1 Å². The van der Waals surface area contributed by atoms with E-state index in [0.29, 0.717) is 12.4 Å². The Morgan fingerprint density at radius 1 is 1.00 bits per heavy atom. The van der Waals surface area contributed by atoms with Crippen LogP contribution in [-0.2, 0) is 23.2 Å². The zero-order chi connectivity index (χ0) is 22.6. The maximum absolute atomic E-state index is 11.3. The summed E-state index contributed by atoms with van der Waals surface area (Å²) in [5, 5.41) is 0. The summed E-state index contributed by atoms with van der Waals surface area (Å²) >= 11 is 0. The van der Waals surface area contributed by atoms with Gasteiger partial charge >= 0.3 is 0 Å². The number of aryl methyl sites for hydroxylation is 2. The molecule has 0 unspecified atom stereocenters. The van der Waals surface area contributed by atoms with Crippen LogP contribution in [0.15, 0.2) is 48.5 Å². The Bertz CT molecular complexity index is 1060. The second kappa shape index (κ2) is 9.34. The summed E-state index contributed by atoms with van der Waals surface area (Å²) in [6.07, 6.45) is 1.17. The van der Waals surface area contributed by atoms with E-state index < -0.39 is 0 Å². The van der Waals surface area contributed by atoms with E-state index >= 15 is 0 Å². The van der Waals surface area contributed by atoms with Crippen LogP contribution in [0, 0.1) is 13.8 Å². The Hall–Kier alpha value is -3.14. The van der Waals surface area contributed by atoms with Gasteiger partial charge in [-0.25, -0.2) is 0 Å². The van der Waals surface area contributed by atoms with E-state index in [-0.39, 0.29) is 11.8 Å². The summed E-state index contributed by atoms with van der Waals surface area (Å²) < 4.78 is 11.4. The third-order valence-corrected chi connectivity index (χ3v) is 5.50. The van der Waals surface area contributed by atoms with Gasteiger partial charge in [0, 0.05) is 29.3 Å². The minimum atomic E-state index is 0.0904. The van der Waals surface area contributed by atoms with Gasteiger partial charge in [0.2, 0.25) is 0 Å². The number of benzene rings is 2. The van der Waals surface area contributed by atoms with Gasteiger partial charge < -0.3 is 14.3 Å². The molecule has 0 aliphatic rings. The number of ether oxygens (including phenoxy) is 2. The Kier molecular flexibility index (Phi) is 6.79. The van der Waals surface area contributed by atoms with Gasteiger partial charge in [-0.2, -0.15) is 0 Å². The number of nitrogens with zero attached hydrogens (tertiary/aromatic N) is 1. The number of hydrogen-bond acceptors (Lipinski definition) is 4. The van der Waals surface area contributed by atoms with Crippen LogP contribution >= 0.6 is 0 Å². The van der Waals surface area contributed by atoms with Crippen LogP contribution in [-0.4, -0.2) is 18.4 Å². The zero-order valence-electron chi connectivity index (χ0n) is 19.3. The first-order valence-electron chi connectivity index (χ1n) is 10.5. The van der Waals surface area contributed by atoms with Gasteiger partial charge in [0.05, 0.1) is 12.8 Å². The van der Waals surface area contributed by atoms with Crippen molar-refractivity contribution < 1.29 is 14.3 Å². The highest BCUT2D eigenvalue weighted by atomic mass is 16.5. The van der Waals surface area contributed by atoms with Crippen LogP contribution in [0.5, 0.6) is 11.5 Å². The number of carbonyl (C=O) groups excluding carboxylic acids is 1. The summed E-state index contributed by atoms with van der Waals surface area (Å²) in [5.74, 6) is 1.51. The third kappa shape index (κ3) is 5.32. The van der Waals surface area contributed by atoms with Gasteiger partial charge in [-0.05, 0) is 48.1 Å². The SMILES string of the molecule is COc1ccc(COc2cc(-c3ccc(C(C)(C)C)cc3C)nc(C)c2CC=O)cc1. The average Bonchev–Trinajstić information content (AvgIpc) is 2.73. The highest BCUT2D eigenvalue weighted by molar-refractivity contribution is 5.68. The van der Waals surface area contributed by atoms with Crippen LogP contribution in [0.3, 0.4) is 0 Å². The van der Waals surface area contributed by atoms with Crippen molar-refractivity contribution in [1.82, 2.24) is 4.98 Å². The molecule has 1 aromatic heterocycles. The first kappa shape index (κ1) is 22.5. The van der Waals surface area contributed by atoms with Crippen LogP contribution in [0.1, 0.15) is 48.7 Å². The van der Waals surface area contributed by atoms with E-state index in [0.717, 1.165) is 40.1 Å². The Balaban J connectivity index is 1.96. The largest absolute Gasteiger partial charge is 0.497 e. The molecule has 0 N–H and O–H groups in total. The van der Waals surface area contributed by atoms with E-state index in [9.17, 15) is 4.79 Å². The fourth-order valence-electron chi connectivity index (χ4n) is 3.57. The second-order valence-electron chi connectivity index (χ2n) is 8.86. The van der Waals surface area contributed by atoms with E-state index in [1.54, 1.807) is 7.11 Å². The number of aromatic nitrogens is 1. The Morgan fingerprint density at radius 2 is 1.71 bits per heavy atom. The molecule has 0 saturated carbocycles. The van der Waals surface area contributed by atoms with E-state index in [1.807, 2.05) is 37.3 Å². The lowest BCUT2D eigenvalue weighted by Gasteiger charge is -2.21. The van der Waals surface area contributed by atoms with Crippen LogP contribution < -0.4 is 9.47 Å². The van der Waals surface area contributed by atoms with Crippen molar-refractivity contribution in [3.8, 4) is 22.8 Å². The number of rotatable bonds is 7. The quantitative estimate of drug-likeness (QED) is 0.443. The van der Waals surface area contributed by atoms with Gasteiger partial charge in [-0.15, -0.1) is 0 Å². The first-order valence-corrected chi connectivity index (χ1v) is 10.5. The molecule has 0 spiro atoms. The minimum Gasteiger partial charge on any atom is -0.497 e. The van der Waals surface area contributed by atoms with Crippen molar-refractivity contribution in [2.75, 3.05) is 7.11 Å². The molecule has 162 valence electrons. The van der Waals surface area contributed by atoms with Gasteiger partial charge in [0.25, 0.3) is 0 Å². The standard InChI is InChI=1S/C27H31NO3/c1-18-15-21(27(3,4)5)9-12-23(18)25-16-26(24(13-14-29)19(2)28-25)31-17-20-7-10-22(30-6)11-8-20/h7-12,14-16H,13,17H2,1-6H3. The van der Waals surface area contributed by atoms with Crippen LogP contribution in [0.4, 0.5) is 0 Å². The summed E-state index contributed by atoms with van der Waals surface area (Å²) in [4.78, 5) is 16.1. The van der Waals surface area contributed by atoms with Crippen LogP contribution in [0.25, 0.3) is 11.3 Å². The normalized spacial score (nSPS) is 11.3. The molecule has 31 heavy (non-hydrogen) atoms. The third-order valence-electron chi connectivity index (χ3n) is 5.50. The molecule has 0 bridgehead atoms. The Labute approximate surface area is 185 Å². The summed E-state index contributed by atoms with van der Waals surface area (Å²) in [5.41, 5.74) is 7.15. The van der Waals surface area contributed by atoms with Crippen molar-refractivity contribution in [3.05, 3.63) is 76.5 Å². The Morgan fingerprint density at radius 3 is 2.29 bits per heavy atom. The lowest BCUT2D eigenvalue weighted by Crippen LogP contribution is -2.11. The average molecular weight is 418 g/mol. The number of hydrogen-bond donors (Lipinski definition) is 0. The molecule has 0 fully saturated rings. The molecule has 3 aromatic rings. The van der Waals surface area contributed by atoms with E-state index in [4.69, 9.17) is 14.5 Å². The van der Waals surface area contributed by atoms with Crippen molar-refractivity contribution in [2.24, 2.45) is 0 Å². The molecule has 0 aliphatic carbocycles. The molecule has 0 saturated heterocycles. The summed E-state index contributed by atoms with van der Waals surface area (Å²) in [7, 11) is 1.65. The molecule has 4 heteroatoms. The molecular formula is C27H31NO3. The fraction of sp³-hybridized carbons (Fsp3) is 0.333. The van der Waals surface area contributed by atoms with Crippen LogP contribution in [0.2, 0.25) is 0 Å². The fourth-order valence-corrected chi connectivity index (χ4v) is 3.57. The molecule has 4 nitrogen and oxygen atoms in total. The van der Waals surface area contributed by atoms with Crippen molar-refractivity contribution >= 4 is 6.29 Å². The van der Waals surface area contributed by atoms with Crippen molar-refractivity contribution in [1.29, 1.82) is 0 Å². The number of carbonyl (C=O) groups is 1. The predicted octanol–water partition coefficient (Wildman–Crippen LogP) is 5.99. The van der Waals surface area contributed by atoms with Gasteiger partial charge in [-0.3, -0.25) is 4.98 Å². The zero-order valence-corrected chi connectivity index (χ0v) is 19.3. The molecule has 1 heterocycles. The maximum Gasteiger partial charge on any atom is 0.127 e. The molecule has 0 atom stereocenters. The smallest absolute Gasteiger partial charge is 0.127 e.